The number of methoxy groups -OCH3 is 2. The number of aromatic nitrogens is 2. The summed E-state index contributed by atoms with van der Waals surface area (Å²) in [6, 6.07) is 4.01. The minimum absolute atomic E-state index is 0.0334. The summed E-state index contributed by atoms with van der Waals surface area (Å²) in [4.78, 5) is 46.0. The molecule has 148 valence electrons. The Balaban J connectivity index is 2.12. The minimum Gasteiger partial charge on any atom is -0.465 e. The van der Waals surface area contributed by atoms with Gasteiger partial charge in [0, 0.05) is 18.7 Å². The molecular weight excluding hydrogens is 372 g/mol. The van der Waals surface area contributed by atoms with Gasteiger partial charge in [0.15, 0.2) is 0 Å². The van der Waals surface area contributed by atoms with Crippen LogP contribution in [0.25, 0.3) is 0 Å². The van der Waals surface area contributed by atoms with Crippen molar-refractivity contribution in [3.05, 3.63) is 51.3 Å². The molecule has 0 saturated carbocycles. The first-order chi connectivity index (χ1) is 13.2. The molecule has 1 N–H and O–H groups in total. The smallest absolute Gasteiger partial charge is 0.337 e. The average Bonchev–Trinajstić information content (AvgIpc) is 3.05. The number of nitro groups is 1. The number of aryl methyl sites for hydroxylation is 2. The van der Waals surface area contributed by atoms with Crippen molar-refractivity contribution in [1.29, 1.82) is 0 Å². The fraction of sp³-hybridized carbons (Fsp3) is 0.294. The zero-order valence-corrected chi connectivity index (χ0v) is 15.4. The van der Waals surface area contributed by atoms with Crippen LogP contribution in [-0.2, 0) is 20.8 Å². The molecule has 11 nitrogen and oxygen atoms in total. The van der Waals surface area contributed by atoms with E-state index in [4.69, 9.17) is 0 Å². The maximum atomic E-state index is 12.2. The molecule has 0 fully saturated rings. The van der Waals surface area contributed by atoms with Gasteiger partial charge >= 0.3 is 17.6 Å². The van der Waals surface area contributed by atoms with E-state index in [0.717, 1.165) is 0 Å². The Morgan fingerprint density at radius 2 is 1.71 bits per heavy atom. The van der Waals surface area contributed by atoms with Crippen LogP contribution in [0.2, 0.25) is 0 Å². The summed E-state index contributed by atoms with van der Waals surface area (Å²) >= 11 is 0. The van der Waals surface area contributed by atoms with Crippen LogP contribution in [0, 0.1) is 17.0 Å². The number of carbonyl (C=O) groups is 3. The number of ether oxygens (including phenoxy) is 2. The van der Waals surface area contributed by atoms with Gasteiger partial charge in [-0.15, -0.1) is 0 Å². The predicted molar refractivity (Wildman–Crippen MR) is 96.0 cm³/mol. The molecule has 0 radical (unpaired) electrons. The van der Waals surface area contributed by atoms with E-state index in [2.05, 4.69) is 19.9 Å². The van der Waals surface area contributed by atoms with Crippen LogP contribution in [0.5, 0.6) is 0 Å². The van der Waals surface area contributed by atoms with Gasteiger partial charge < -0.3 is 14.8 Å². The first kappa shape index (κ1) is 20.6. The molecule has 0 bridgehead atoms. The molecule has 1 aromatic heterocycles. The van der Waals surface area contributed by atoms with Gasteiger partial charge in [-0.2, -0.15) is 5.10 Å². The van der Waals surface area contributed by atoms with Crippen molar-refractivity contribution in [1.82, 2.24) is 9.78 Å². The first-order valence-electron chi connectivity index (χ1n) is 8.05. The van der Waals surface area contributed by atoms with Crippen LogP contribution >= 0.6 is 0 Å². The van der Waals surface area contributed by atoms with Gasteiger partial charge in [-0.05, 0) is 25.1 Å². The average molecular weight is 390 g/mol. The van der Waals surface area contributed by atoms with Gasteiger partial charge in [0.1, 0.15) is 11.9 Å². The molecular formula is C17H18N4O7. The van der Waals surface area contributed by atoms with Crippen LogP contribution in [-0.4, -0.2) is 46.8 Å². The van der Waals surface area contributed by atoms with Gasteiger partial charge in [-0.25, -0.2) is 9.59 Å². The van der Waals surface area contributed by atoms with E-state index in [1.54, 1.807) is 0 Å². The summed E-state index contributed by atoms with van der Waals surface area (Å²) in [6.07, 6.45) is 1.21. The van der Waals surface area contributed by atoms with Gasteiger partial charge in [-0.1, -0.05) is 0 Å². The van der Waals surface area contributed by atoms with Crippen molar-refractivity contribution in [2.75, 3.05) is 19.5 Å². The lowest BCUT2D eigenvalue weighted by Gasteiger charge is -2.09. The van der Waals surface area contributed by atoms with Crippen molar-refractivity contribution in [3.63, 3.8) is 0 Å². The second kappa shape index (κ2) is 8.75. The number of nitrogens with zero attached hydrogens (tertiary/aromatic N) is 3. The number of hydrogen-bond acceptors (Lipinski definition) is 8. The van der Waals surface area contributed by atoms with Crippen LogP contribution in [0.3, 0.4) is 0 Å². The Kier molecular flexibility index (Phi) is 6.42. The molecule has 0 aliphatic heterocycles. The molecule has 2 aromatic rings. The van der Waals surface area contributed by atoms with Crippen LogP contribution in [0.1, 0.15) is 32.8 Å². The maximum absolute atomic E-state index is 12.2. The van der Waals surface area contributed by atoms with Gasteiger partial charge in [-0.3, -0.25) is 19.6 Å². The third-order valence-corrected chi connectivity index (χ3v) is 3.74. The minimum atomic E-state index is -0.680. The fourth-order valence-electron chi connectivity index (χ4n) is 2.41. The van der Waals surface area contributed by atoms with Gasteiger partial charge in [0.05, 0.1) is 30.3 Å². The molecule has 1 amide bonds. The third kappa shape index (κ3) is 4.90. The van der Waals surface area contributed by atoms with E-state index < -0.39 is 22.8 Å². The number of carbonyl (C=O) groups excluding carboxylic acids is 3. The molecule has 11 heteroatoms. The molecule has 0 atom stereocenters. The van der Waals surface area contributed by atoms with E-state index in [1.807, 2.05) is 0 Å². The SMILES string of the molecule is COC(=O)c1cc(NC(=O)CCn2cc([N+](=O)[O-])c(C)n2)cc(C(=O)OC)c1. The fourth-order valence-corrected chi connectivity index (χ4v) is 2.41. The summed E-state index contributed by atoms with van der Waals surface area (Å²) < 4.78 is 10.6. The van der Waals surface area contributed by atoms with Crippen LogP contribution in [0.15, 0.2) is 24.4 Å². The first-order valence-corrected chi connectivity index (χ1v) is 8.05. The highest BCUT2D eigenvalue weighted by molar-refractivity contribution is 5.99. The summed E-state index contributed by atoms with van der Waals surface area (Å²) in [5.41, 5.74) is 0.460. The summed E-state index contributed by atoms with van der Waals surface area (Å²) in [5.74, 6) is -1.80. The highest BCUT2D eigenvalue weighted by atomic mass is 16.6. The molecule has 0 unspecified atom stereocenters. The highest BCUT2D eigenvalue weighted by Gasteiger charge is 2.17. The zero-order valence-electron chi connectivity index (χ0n) is 15.4. The van der Waals surface area contributed by atoms with E-state index >= 15 is 0 Å². The standard InChI is InChI=1S/C17H18N4O7/c1-10-14(21(25)26)9-20(19-10)5-4-15(22)18-13-7-11(16(23)27-2)6-12(8-13)17(24)28-3/h6-9H,4-5H2,1-3H3,(H,18,22). The van der Waals surface area contributed by atoms with E-state index in [0.29, 0.717) is 0 Å². The Labute approximate surface area is 159 Å². The molecule has 0 aliphatic rings. The number of nitrogens with one attached hydrogen (secondary N) is 1. The number of anilines is 1. The predicted octanol–water partition coefficient (Wildman–Crippen LogP) is 1.70. The van der Waals surface area contributed by atoms with Crippen molar-refractivity contribution in [2.45, 2.75) is 19.9 Å². The molecule has 0 saturated heterocycles. The molecule has 2 rings (SSSR count). The van der Waals surface area contributed by atoms with Crippen LogP contribution in [0.4, 0.5) is 11.4 Å². The Bertz CT molecular complexity index is 901. The van der Waals surface area contributed by atoms with Gasteiger partial charge in [0.2, 0.25) is 5.91 Å². The summed E-state index contributed by atoms with van der Waals surface area (Å²) in [7, 11) is 2.38. The molecule has 1 heterocycles. The number of esters is 2. The number of hydrogen-bond donors (Lipinski definition) is 1. The van der Waals surface area contributed by atoms with Crippen molar-refractivity contribution in [3.8, 4) is 0 Å². The van der Waals surface area contributed by atoms with Crippen molar-refractivity contribution >= 4 is 29.2 Å². The number of amides is 1. The van der Waals surface area contributed by atoms with E-state index in [-0.39, 0.29) is 41.2 Å². The largest absolute Gasteiger partial charge is 0.465 e. The Hall–Kier alpha value is -3.76. The quantitative estimate of drug-likeness (QED) is 0.427. The van der Waals surface area contributed by atoms with Crippen molar-refractivity contribution < 1.29 is 28.8 Å². The third-order valence-electron chi connectivity index (χ3n) is 3.74. The molecule has 1 aromatic carbocycles. The number of benzene rings is 1. The molecule has 0 aliphatic carbocycles. The lowest BCUT2D eigenvalue weighted by atomic mass is 10.1. The highest BCUT2D eigenvalue weighted by Crippen LogP contribution is 2.18. The van der Waals surface area contributed by atoms with Gasteiger partial charge in [0.25, 0.3) is 0 Å². The number of rotatable bonds is 7. The summed E-state index contributed by atoms with van der Waals surface area (Å²) in [5, 5.41) is 17.4. The molecule has 0 spiro atoms. The maximum Gasteiger partial charge on any atom is 0.337 e. The lowest BCUT2D eigenvalue weighted by Crippen LogP contribution is -2.16. The van der Waals surface area contributed by atoms with E-state index in [1.165, 1.54) is 50.2 Å². The second-order valence-corrected chi connectivity index (χ2v) is 5.70. The van der Waals surface area contributed by atoms with Crippen LogP contribution < -0.4 is 5.32 Å². The Morgan fingerprint density at radius 1 is 1.14 bits per heavy atom. The zero-order chi connectivity index (χ0) is 20.8. The van der Waals surface area contributed by atoms with Crippen molar-refractivity contribution in [2.24, 2.45) is 0 Å². The Morgan fingerprint density at radius 3 is 2.18 bits per heavy atom. The van der Waals surface area contributed by atoms with E-state index in [9.17, 15) is 24.5 Å². The lowest BCUT2D eigenvalue weighted by molar-refractivity contribution is -0.385. The topological polar surface area (TPSA) is 143 Å². The second-order valence-electron chi connectivity index (χ2n) is 5.70. The summed E-state index contributed by atoms with van der Waals surface area (Å²) in [6.45, 7) is 1.61. The normalized spacial score (nSPS) is 10.2. The molecule has 28 heavy (non-hydrogen) atoms. The monoisotopic (exact) mass is 390 g/mol.